The Bertz CT molecular complexity index is 645. The van der Waals surface area contributed by atoms with Gasteiger partial charge < -0.3 is 4.74 Å². The molecule has 3 rings (SSSR count). The van der Waals surface area contributed by atoms with Crippen LogP contribution in [0, 0.1) is 5.92 Å². The maximum absolute atomic E-state index is 5.69. The maximum atomic E-state index is 5.69. The van der Waals surface area contributed by atoms with Crippen LogP contribution >= 0.6 is 0 Å². The lowest BCUT2D eigenvalue weighted by atomic mass is 9.75. The van der Waals surface area contributed by atoms with Crippen LogP contribution in [0.5, 0.6) is 0 Å². The summed E-state index contributed by atoms with van der Waals surface area (Å²) in [6, 6.07) is 10.6. The fraction of sp³-hybridized carbons (Fsp3) is 0.550. The van der Waals surface area contributed by atoms with Crippen molar-refractivity contribution < 1.29 is 4.74 Å². The van der Waals surface area contributed by atoms with Crippen LogP contribution in [0.3, 0.4) is 0 Å². The Morgan fingerprint density at radius 3 is 2.61 bits per heavy atom. The van der Waals surface area contributed by atoms with Crippen LogP contribution < -0.4 is 0 Å². The molecule has 1 aliphatic rings. The molecule has 1 aliphatic carbocycles. The lowest BCUT2D eigenvalue weighted by Gasteiger charge is -2.29. The topological polar surface area (TPSA) is 27.1 Å². The molecule has 23 heavy (non-hydrogen) atoms. The smallest absolute Gasteiger partial charge is 0.140 e. The third-order valence-electron chi connectivity index (χ3n) is 5.04. The van der Waals surface area contributed by atoms with Crippen molar-refractivity contribution in [2.75, 3.05) is 6.61 Å². The van der Waals surface area contributed by atoms with Crippen molar-refractivity contribution in [1.29, 1.82) is 0 Å². The molecule has 0 fully saturated rings. The Morgan fingerprint density at radius 2 is 1.96 bits per heavy atom. The van der Waals surface area contributed by atoms with Crippen LogP contribution in [0.25, 0.3) is 11.3 Å². The van der Waals surface area contributed by atoms with Gasteiger partial charge in [-0.15, -0.1) is 0 Å². The number of ether oxygens (including phenoxy) is 1. The van der Waals surface area contributed by atoms with E-state index in [1.807, 2.05) is 6.92 Å². The molecule has 0 N–H and O–H groups in total. The summed E-state index contributed by atoms with van der Waals surface area (Å²) in [5, 5.41) is 5.01. The predicted molar refractivity (Wildman–Crippen MR) is 94.5 cm³/mol. The summed E-state index contributed by atoms with van der Waals surface area (Å²) in [6.07, 6.45) is 2.49. The van der Waals surface area contributed by atoms with Gasteiger partial charge in [0.05, 0.1) is 11.4 Å². The minimum absolute atomic E-state index is 0.533. The highest BCUT2D eigenvalue weighted by atomic mass is 16.5. The van der Waals surface area contributed by atoms with Crippen molar-refractivity contribution in [3.8, 4) is 11.3 Å². The van der Waals surface area contributed by atoms with Crippen LogP contribution in [-0.4, -0.2) is 16.4 Å². The number of rotatable bonds is 5. The number of hydrogen-bond acceptors (Lipinski definition) is 2. The number of hydrogen-bond donors (Lipinski definition) is 0. The van der Waals surface area contributed by atoms with Crippen molar-refractivity contribution in [2.45, 2.75) is 59.1 Å². The fourth-order valence-electron chi connectivity index (χ4n) is 3.79. The minimum atomic E-state index is 0.533. The highest BCUT2D eigenvalue weighted by Gasteiger charge is 2.33. The van der Waals surface area contributed by atoms with Crippen molar-refractivity contribution in [2.24, 2.45) is 5.92 Å². The Kier molecular flexibility index (Phi) is 4.86. The summed E-state index contributed by atoms with van der Waals surface area (Å²) < 4.78 is 7.77. The molecule has 3 heteroatoms. The molecule has 3 nitrogen and oxygen atoms in total. The average Bonchev–Trinajstić information content (AvgIpc) is 2.93. The number of benzene rings is 1. The molecule has 2 aromatic rings. The third kappa shape index (κ3) is 3.07. The van der Waals surface area contributed by atoms with E-state index < -0.39 is 0 Å². The summed E-state index contributed by atoms with van der Waals surface area (Å²) in [7, 11) is 0. The molecule has 2 atom stereocenters. The lowest BCUT2D eigenvalue weighted by Crippen LogP contribution is -2.16. The van der Waals surface area contributed by atoms with E-state index in [1.54, 1.807) is 0 Å². The molecular weight excluding hydrogens is 284 g/mol. The first-order valence-electron chi connectivity index (χ1n) is 8.87. The van der Waals surface area contributed by atoms with Gasteiger partial charge in [0, 0.05) is 23.7 Å². The molecule has 0 saturated heterocycles. The molecule has 0 aliphatic heterocycles. The van der Waals surface area contributed by atoms with E-state index >= 15 is 0 Å². The van der Waals surface area contributed by atoms with Gasteiger partial charge in [-0.1, -0.05) is 51.1 Å². The lowest BCUT2D eigenvalue weighted by molar-refractivity contribution is 0.0799. The van der Waals surface area contributed by atoms with Gasteiger partial charge in [-0.2, -0.15) is 5.10 Å². The molecule has 1 heterocycles. The van der Waals surface area contributed by atoms with Crippen LogP contribution in [0.4, 0.5) is 0 Å². The largest absolute Gasteiger partial charge is 0.360 e. The fourth-order valence-corrected chi connectivity index (χ4v) is 3.79. The number of fused-ring (bicyclic) bond motifs is 1. The molecule has 124 valence electrons. The second-order valence-corrected chi connectivity index (χ2v) is 6.96. The molecule has 0 bridgehead atoms. The van der Waals surface area contributed by atoms with E-state index in [0.717, 1.165) is 0 Å². The van der Waals surface area contributed by atoms with Crippen LogP contribution in [0.1, 0.15) is 63.6 Å². The molecular formula is C20H28N2O. The average molecular weight is 312 g/mol. The van der Waals surface area contributed by atoms with Gasteiger partial charge in [0.2, 0.25) is 0 Å². The number of nitrogens with zero attached hydrogens (tertiary/aromatic N) is 2. The van der Waals surface area contributed by atoms with Gasteiger partial charge >= 0.3 is 0 Å². The van der Waals surface area contributed by atoms with Gasteiger partial charge in [0.25, 0.3) is 0 Å². The Balaban J connectivity index is 2.15. The summed E-state index contributed by atoms with van der Waals surface area (Å²) >= 11 is 0. The molecule has 0 radical (unpaired) electrons. The summed E-state index contributed by atoms with van der Waals surface area (Å²) in [5.41, 5.74) is 5.25. The van der Waals surface area contributed by atoms with Gasteiger partial charge in [0.15, 0.2) is 0 Å². The van der Waals surface area contributed by atoms with E-state index in [9.17, 15) is 0 Å². The molecule has 0 unspecified atom stereocenters. The van der Waals surface area contributed by atoms with Gasteiger partial charge in [-0.25, -0.2) is 4.68 Å². The van der Waals surface area contributed by atoms with E-state index in [2.05, 4.69) is 55.8 Å². The molecule has 0 amide bonds. The van der Waals surface area contributed by atoms with E-state index in [1.165, 1.54) is 35.4 Å². The van der Waals surface area contributed by atoms with Gasteiger partial charge in [-0.3, -0.25) is 0 Å². The van der Waals surface area contributed by atoms with Crippen molar-refractivity contribution in [1.82, 2.24) is 9.78 Å². The Morgan fingerprint density at radius 1 is 1.22 bits per heavy atom. The first-order chi connectivity index (χ1) is 11.1. The van der Waals surface area contributed by atoms with Gasteiger partial charge in [0.1, 0.15) is 6.73 Å². The summed E-state index contributed by atoms with van der Waals surface area (Å²) in [6.45, 7) is 10.2. The van der Waals surface area contributed by atoms with Crippen molar-refractivity contribution >= 4 is 0 Å². The standard InChI is InChI=1S/C20H28N2O/c1-5-23-13-22-20(16-9-7-6-8-10-16)18-15(4)11-12-17(14(2)3)19(18)21-22/h6-10,14-15,17H,5,11-13H2,1-4H3/t15-,17+/m1/s1. The zero-order valence-electron chi connectivity index (χ0n) is 14.7. The van der Waals surface area contributed by atoms with E-state index in [4.69, 9.17) is 9.84 Å². The normalized spacial score (nSPS) is 20.7. The monoisotopic (exact) mass is 312 g/mol. The Hall–Kier alpha value is -1.61. The third-order valence-corrected chi connectivity index (χ3v) is 5.04. The maximum Gasteiger partial charge on any atom is 0.140 e. The predicted octanol–water partition coefficient (Wildman–Crippen LogP) is 5.18. The van der Waals surface area contributed by atoms with Crippen LogP contribution in [-0.2, 0) is 11.5 Å². The highest BCUT2D eigenvalue weighted by Crippen LogP contribution is 2.45. The van der Waals surface area contributed by atoms with E-state index in [0.29, 0.717) is 31.1 Å². The molecule has 1 aromatic heterocycles. The second-order valence-electron chi connectivity index (χ2n) is 6.96. The van der Waals surface area contributed by atoms with Crippen molar-refractivity contribution in [3.05, 3.63) is 41.6 Å². The minimum Gasteiger partial charge on any atom is -0.360 e. The summed E-state index contributed by atoms with van der Waals surface area (Å²) in [4.78, 5) is 0. The summed E-state index contributed by atoms with van der Waals surface area (Å²) in [5.74, 6) is 1.75. The number of aromatic nitrogens is 2. The van der Waals surface area contributed by atoms with Crippen molar-refractivity contribution in [3.63, 3.8) is 0 Å². The first kappa shape index (κ1) is 16.3. The SMILES string of the molecule is CCOCn1nc2c(c1-c1ccccc1)[C@H](C)CC[C@H]2C(C)C. The first-order valence-corrected chi connectivity index (χ1v) is 8.87. The Labute approximate surface area is 139 Å². The van der Waals surface area contributed by atoms with E-state index in [-0.39, 0.29) is 0 Å². The molecule has 0 spiro atoms. The quantitative estimate of drug-likeness (QED) is 0.760. The van der Waals surface area contributed by atoms with Gasteiger partial charge in [-0.05, 0) is 31.6 Å². The zero-order valence-corrected chi connectivity index (χ0v) is 14.7. The molecule has 0 saturated carbocycles. The second kappa shape index (κ2) is 6.88. The zero-order chi connectivity index (χ0) is 16.4. The molecule has 1 aromatic carbocycles. The highest BCUT2D eigenvalue weighted by molar-refractivity contribution is 5.66. The van der Waals surface area contributed by atoms with Crippen LogP contribution in [0.15, 0.2) is 30.3 Å². The van der Waals surface area contributed by atoms with Crippen LogP contribution in [0.2, 0.25) is 0 Å².